The number of likely N-dealkylation sites (tertiary alicyclic amines) is 1. The zero-order chi connectivity index (χ0) is 18.5. The van der Waals surface area contributed by atoms with Crippen LogP contribution in [0.1, 0.15) is 40.6 Å². The van der Waals surface area contributed by atoms with E-state index in [1.54, 1.807) is 0 Å². The molecule has 0 spiro atoms. The van der Waals surface area contributed by atoms with E-state index in [1.165, 1.54) is 11.3 Å². The van der Waals surface area contributed by atoms with Crippen LogP contribution in [0.2, 0.25) is 0 Å². The lowest BCUT2D eigenvalue weighted by molar-refractivity contribution is 0.0730. The molecular weight excluding hydrogens is 358 g/mol. The fourth-order valence-corrected chi connectivity index (χ4v) is 4.61. The van der Waals surface area contributed by atoms with E-state index < -0.39 is 0 Å². The molecule has 1 amide bonds. The van der Waals surface area contributed by atoms with Crippen LogP contribution >= 0.6 is 11.3 Å². The number of aromatic amines is 1. The smallest absolute Gasteiger partial charge is 0.254 e. The Morgan fingerprint density at radius 1 is 1.30 bits per heavy atom. The lowest BCUT2D eigenvalue weighted by Gasteiger charge is -2.23. The highest BCUT2D eigenvalue weighted by Gasteiger charge is 2.33. The Bertz CT molecular complexity index is 1180. The summed E-state index contributed by atoms with van der Waals surface area (Å²) in [7, 11) is 0. The van der Waals surface area contributed by atoms with Crippen molar-refractivity contribution in [2.75, 3.05) is 12.3 Å². The van der Waals surface area contributed by atoms with Crippen molar-refractivity contribution in [3.05, 3.63) is 53.3 Å². The molecule has 7 heteroatoms. The predicted octanol–water partition coefficient (Wildman–Crippen LogP) is 4.04. The Kier molecular flexibility index (Phi) is 3.65. The number of nitrogens with two attached hydrogens (primary N) is 1. The number of carbonyl (C=O) groups excluding carboxylic acids is 1. The van der Waals surface area contributed by atoms with Crippen LogP contribution in [0, 0.1) is 6.92 Å². The lowest BCUT2D eigenvalue weighted by atomic mass is 10.1. The second-order valence-electron chi connectivity index (χ2n) is 6.98. The van der Waals surface area contributed by atoms with Crippen molar-refractivity contribution in [1.82, 2.24) is 19.9 Å². The molecule has 0 radical (unpaired) electrons. The van der Waals surface area contributed by atoms with Crippen molar-refractivity contribution in [3.8, 4) is 0 Å². The van der Waals surface area contributed by atoms with E-state index in [9.17, 15) is 4.79 Å². The Hall–Kier alpha value is -2.93. The van der Waals surface area contributed by atoms with Crippen molar-refractivity contribution in [1.29, 1.82) is 0 Å². The average molecular weight is 377 g/mol. The fourth-order valence-electron chi connectivity index (χ4n) is 3.89. The fraction of sp³-hybridized carbons (Fsp3) is 0.250. The first-order valence-electron chi connectivity index (χ1n) is 9.02. The molecule has 1 saturated heterocycles. The number of amides is 1. The summed E-state index contributed by atoms with van der Waals surface area (Å²) < 4.78 is 0.995. The Labute approximate surface area is 160 Å². The summed E-state index contributed by atoms with van der Waals surface area (Å²) in [4.78, 5) is 27.6. The topological polar surface area (TPSA) is 87.9 Å². The highest BCUT2D eigenvalue weighted by Crippen LogP contribution is 2.34. The number of benzene rings is 2. The van der Waals surface area contributed by atoms with Gasteiger partial charge in [-0.2, -0.15) is 0 Å². The number of H-pyrrole nitrogens is 1. The lowest BCUT2D eigenvalue weighted by Crippen LogP contribution is -2.31. The number of nitrogens with one attached hydrogen (secondary N) is 1. The zero-order valence-corrected chi connectivity index (χ0v) is 15.7. The van der Waals surface area contributed by atoms with E-state index in [-0.39, 0.29) is 11.9 Å². The monoisotopic (exact) mass is 377 g/mol. The molecule has 3 N–H and O–H groups in total. The van der Waals surface area contributed by atoms with Gasteiger partial charge in [0.05, 0.1) is 27.3 Å². The number of carbonyl (C=O) groups is 1. The minimum Gasteiger partial charge on any atom is -0.375 e. The summed E-state index contributed by atoms with van der Waals surface area (Å²) in [5.74, 6) is 0.882. The molecular formula is C20H19N5OS. The van der Waals surface area contributed by atoms with Gasteiger partial charge in [0.1, 0.15) is 5.82 Å². The zero-order valence-electron chi connectivity index (χ0n) is 14.9. The summed E-state index contributed by atoms with van der Waals surface area (Å²) >= 11 is 1.43. The van der Waals surface area contributed by atoms with Crippen LogP contribution in [0.4, 0.5) is 5.13 Å². The van der Waals surface area contributed by atoms with E-state index in [4.69, 9.17) is 10.7 Å². The van der Waals surface area contributed by atoms with Gasteiger partial charge in [0.15, 0.2) is 5.13 Å². The first-order valence-corrected chi connectivity index (χ1v) is 9.84. The average Bonchev–Trinajstić information content (AvgIpc) is 3.37. The normalized spacial score (nSPS) is 17.2. The summed E-state index contributed by atoms with van der Waals surface area (Å²) in [6, 6.07) is 11.7. The number of anilines is 1. The third kappa shape index (κ3) is 2.66. The van der Waals surface area contributed by atoms with Gasteiger partial charge in [0.2, 0.25) is 0 Å². The Morgan fingerprint density at radius 3 is 3.04 bits per heavy atom. The summed E-state index contributed by atoms with van der Waals surface area (Å²) in [6.45, 7) is 2.79. The van der Waals surface area contributed by atoms with Gasteiger partial charge in [-0.25, -0.2) is 9.97 Å². The van der Waals surface area contributed by atoms with Gasteiger partial charge >= 0.3 is 0 Å². The van der Waals surface area contributed by atoms with Gasteiger partial charge in [0.25, 0.3) is 5.91 Å². The van der Waals surface area contributed by atoms with Crippen molar-refractivity contribution >= 4 is 43.6 Å². The summed E-state index contributed by atoms with van der Waals surface area (Å²) in [6.07, 6.45) is 1.88. The molecule has 2 aromatic carbocycles. The van der Waals surface area contributed by atoms with Gasteiger partial charge in [-0.3, -0.25) is 4.79 Å². The molecule has 1 unspecified atom stereocenters. The van der Waals surface area contributed by atoms with Gasteiger partial charge in [0, 0.05) is 12.1 Å². The minimum atomic E-state index is -0.0273. The number of nitrogen functional groups attached to an aromatic ring is 1. The van der Waals surface area contributed by atoms with Gasteiger partial charge in [-0.1, -0.05) is 23.5 Å². The van der Waals surface area contributed by atoms with E-state index in [0.29, 0.717) is 10.7 Å². The van der Waals surface area contributed by atoms with Crippen molar-refractivity contribution in [2.24, 2.45) is 0 Å². The van der Waals surface area contributed by atoms with E-state index in [1.807, 2.05) is 35.2 Å². The molecule has 5 rings (SSSR count). The molecule has 1 aliphatic heterocycles. The maximum Gasteiger partial charge on any atom is 0.254 e. The summed E-state index contributed by atoms with van der Waals surface area (Å²) in [5, 5.41) is 0.520. The van der Waals surface area contributed by atoms with Crippen LogP contribution in [-0.2, 0) is 0 Å². The van der Waals surface area contributed by atoms with Crippen molar-refractivity contribution < 1.29 is 4.79 Å². The second kappa shape index (κ2) is 6.06. The first-order chi connectivity index (χ1) is 13.1. The number of aryl methyl sites for hydroxylation is 1. The van der Waals surface area contributed by atoms with E-state index >= 15 is 0 Å². The first kappa shape index (κ1) is 16.3. The number of hydrogen-bond acceptors (Lipinski definition) is 5. The molecule has 1 fully saturated rings. The van der Waals surface area contributed by atoms with Crippen LogP contribution in [0.15, 0.2) is 36.4 Å². The largest absolute Gasteiger partial charge is 0.375 e. The number of aromatic nitrogens is 3. The third-order valence-electron chi connectivity index (χ3n) is 5.21. The maximum absolute atomic E-state index is 13.2. The van der Waals surface area contributed by atoms with Gasteiger partial charge in [-0.05, 0) is 49.6 Å². The standard InChI is InChI=1S/C20H19N5OS/c1-11-4-2-5-13-17(11)24-18(22-13)15-6-3-9-25(15)19(26)12-7-8-16-14(10-12)23-20(21)27-16/h2,4-5,7-8,10,15H,3,6,9H2,1H3,(H2,21,23)(H,22,24). The minimum absolute atomic E-state index is 0.0168. The van der Waals surface area contributed by atoms with Crippen LogP contribution in [0.3, 0.4) is 0 Å². The van der Waals surface area contributed by atoms with Gasteiger partial charge in [-0.15, -0.1) is 0 Å². The number of nitrogens with zero attached hydrogens (tertiary/aromatic N) is 3. The molecule has 0 aliphatic carbocycles. The van der Waals surface area contributed by atoms with Crippen LogP contribution < -0.4 is 5.73 Å². The number of para-hydroxylation sites is 1. The Morgan fingerprint density at radius 2 is 2.19 bits per heavy atom. The third-order valence-corrected chi connectivity index (χ3v) is 6.08. The summed E-state index contributed by atoms with van der Waals surface area (Å²) in [5.41, 5.74) is 10.3. The Balaban J connectivity index is 1.50. The molecule has 27 heavy (non-hydrogen) atoms. The molecule has 0 saturated carbocycles. The molecule has 4 aromatic rings. The molecule has 2 aromatic heterocycles. The van der Waals surface area contributed by atoms with E-state index in [2.05, 4.69) is 23.0 Å². The molecule has 1 atom stereocenters. The maximum atomic E-state index is 13.2. The molecule has 6 nitrogen and oxygen atoms in total. The van der Waals surface area contributed by atoms with Gasteiger partial charge < -0.3 is 15.6 Å². The number of hydrogen-bond donors (Lipinski definition) is 2. The SMILES string of the molecule is Cc1cccc2[nH]c(C3CCCN3C(=O)c3ccc4sc(N)nc4c3)nc12. The highest BCUT2D eigenvalue weighted by atomic mass is 32.1. The molecule has 1 aliphatic rings. The van der Waals surface area contributed by atoms with E-state index in [0.717, 1.165) is 52.0 Å². The number of thiazole rings is 1. The number of fused-ring (bicyclic) bond motifs is 2. The van der Waals surface area contributed by atoms with Crippen molar-refractivity contribution in [3.63, 3.8) is 0 Å². The van der Waals surface area contributed by atoms with Crippen molar-refractivity contribution in [2.45, 2.75) is 25.8 Å². The number of imidazole rings is 1. The number of rotatable bonds is 2. The predicted molar refractivity (Wildman–Crippen MR) is 108 cm³/mol. The molecule has 136 valence electrons. The van der Waals surface area contributed by atoms with Crippen LogP contribution in [0.5, 0.6) is 0 Å². The highest BCUT2D eigenvalue weighted by molar-refractivity contribution is 7.22. The quantitative estimate of drug-likeness (QED) is 0.552. The second-order valence-corrected chi connectivity index (χ2v) is 8.05. The molecule has 3 heterocycles. The van der Waals surface area contributed by atoms with Crippen LogP contribution in [-0.4, -0.2) is 32.3 Å². The molecule has 0 bridgehead atoms. The van der Waals surface area contributed by atoms with Crippen LogP contribution in [0.25, 0.3) is 21.3 Å².